The third kappa shape index (κ3) is 14.6. The van der Waals surface area contributed by atoms with E-state index in [1.54, 1.807) is 0 Å². The molecule has 0 radical (unpaired) electrons. The molecular formula is C18H41N3. The Morgan fingerprint density at radius 3 is 1.62 bits per heavy atom. The van der Waals surface area contributed by atoms with E-state index < -0.39 is 0 Å². The molecule has 0 amide bonds. The zero-order chi connectivity index (χ0) is 15.8. The number of rotatable bonds is 16. The normalized spacial score (nSPS) is 14.3. The molecule has 0 aromatic carbocycles. The quantitative estimate of drug-likeness (QED) is 0.378. The van der Waals surface area contributed by atoms with Crippen LogP contribution in [0.15, 0.2) is 0 Å². The van der Waals surface area contributed by atoms with Gasteiger partial charge in [0, 0.05) is 12.6 Å². The van der Waals surface area contributed by atoms with Crippen molar-refractivity contribution in [1.29, 1.82) is 0 Å². The average molecular weight is 300 g/mol. The molecular weight excluding hydrogens is 258 g/mol. The van der Waals surface area contributed by atoms with Crippen LogP contribution in [0.4, 0.5) is 0 Å². The van der Waals surface area contributed by atoms with E-state index in [4.69, 9.17) is 17.2 Å². The minimum absolute atomic E-state index is 0.159. The molecule has 0 aliphatic carbocycles. The monoisotopic (exact) mass is 299 g/mol. The van der Waals surface area contributed by atoms with Crippen molar-refractivity contribution in [2.45, 2.75) is 96.4 Å². The summed E-state index contributed by atoms with van der Waals surface area (Å²) >= 11 is 0. The standard InChI is InChI=1S/C18H41N3/c1-2-3-4-5-6-7-8-9-10-11-12-17(15-19)13-14-18(21)16-20/h17-18H,2-16,19-21H2,1H3. The summed E-state index contributed by atoms with van der Waals surface area (Å²) in [7, 11) is 0. The van der Waals surface area contributed by atoms with E-state index in [0.717, 1.165) is 19.4 Å². The minimum Gasteiger partial charge on any atom is -0.330 e. The largest absolute Gasteiger partial charge is 0.330 e. The molecule has 21 heavy (non-hydrogen) atoms. The van der Waals surface area contributed by atoms with E-state index in [-0.39, 0.29) is 6.04 Å². The van der Waals surface area contributed by atoms with Gasteiger partial charge in [0.25, 0.3) is 0 Å². The topological polar surface area (TPSA) is 78.1 Å². The van der Waals surface area contributed by atoms with E-state index >= 15 is 0 Å². The molecule has 0 fully saturated rings. The maximum absolute atomic E-state index is 5.86. The van der Waals surface area contributed by atoms with Crippen molar-refractivity contribution in [2.75, 3.05) is 13.1 Å². The number of unbranched alkanes of at least 4 members (excludes halogenated alkanes) is 9. The van der Waals surface area contributed by atoms with E-state index in [2.05, 4.69) is 6.92 Å². The zero-order valence-corrected chi connectivity index (χ0v) is 14.5. The summed E-state index contributed by atoms with van der Waals surface area (Å²) in [5, 5.41) is 0. The van der Waals surface area contributed by atoms with Crippen molar-refractivity contribution >= 4 is 0 Å². The molecule has 0 bridgehead atoms. The number of hydrogen-bond acceptors (Lipinski definition) is 3. The second kappa shape index (κ2) is 16.3. The second-order valence-corrected chi connectivity index (χ2v) is 6.65. The van der Waals surface area contributed by atoms with Crippen LogP contribution in [0.25, 0.3) is 0 Å². The van der Waals surface area contributed by atoms with Crippen LogP contribution in [0.5, 0.6) is 0 Å². The summed E-state index contributed by atoms with van der Waals surface area (Å²) in [6.07, 6.45) is 17.4. The summed E-state index contributed by atoms with van der Waals surface area (Å²) in [4.78, 5) is 0. The Balaban J connectivity index is 3.31. The fourth-order valence-electron chi connectivity index (χ4n) is 2.87. The van der Waals surface area contributed by atoms with Crippen LogP contribution < -0.4 is 17.2 Å². The fraction of sp³-hybridized carbons (Fsp3) is 1.00. The highest BCUT2D eigenvalue weighted by Gasteiger charge is 2.08. The van der Waals surface area contributed by atoms with Crippen molar-refractivity contribution in [2.24, 2.45) is 23.1 Å². The SMILES string of the molecule is CCCCCCCCCCCCC(CN)CCC(N)CN. The van der Waals surface area contributed by atoms with Crippen LogP contribution in [-0.4, -0.2) is 19.1 Å². The van der Waals surface area contributed by atoms with E-state index in [1.165, 1.54) is 70.6 Å². The first kappa shape index (κ1) is 20.9. The lowest BCUT2D eigenvalue weighted by atomic mass is 9.94. The molecule has 0 aliphatic heterocycles. The summed E-state index contributed by atoms with van der Waals surface area (Å²) in [5.41, 5.74) is 17.3. The Kier molecular flexibility index (Phi) is 16.2. The molecule has 2 atom stereocenters. The molecule has 0 aromatic heterocycles. The smallest absolute Gasteiger partial charge is 0.0163 e. The van der Waals surface area contributed by atoms with Crippen molar-refractivity contribution in [3.63, 3.8) is 0 Å². The van der Waals surface area contributed by atoms with Crippen LogP contribution in [0.2, 0.25) is 0 Å². The number of nitrogens with two attached hydrogens (primary N) is 3. The molecule has 0 rings (SSSR count). The van der Waals surface area contributed by atoms with E-state index in [9.17, 15) is 0 Å². The Morgan fingerprint density at radius 2 is 1.14 bits per heavy atom. The lowest BCUT2D eigenvalue weighted by Gasteiger charge is -2.16. The van der Waals surface area contributed by atoms with E-state index in [0.29, 0.717) is 12.5 Å². The minimum atomic E-state index is 0.159. The van der Waals surface area contributed by atoms with Gasteiger partial charge in [-0.2, -0.15) is 0 Å². The average Bonchev–Trinajstić information content (AvgIpc) is 2.51. The highest BCUT2D eigenvalue weighted by molar-refractivity contribution is 4.67. The Bertz CT molecular complexity index is 197. The molecule has 0 heterocycles. The van der Waals surface area contributed by atoms with Crippen molar-refractivity contribution in [3.05, 3.63) is 0 Å². The van der Waals surface area contributed by atoms with Crippen molar-refractivity contribution in [1.82, 2.24) is 0 Å². The summed E-state index contributed by atoms with van der Waals surface area (Å²) in [5.74, 6) is 0.650. The van der Waals surface area contributed by atoms with Gasteiger partial charge in [-0.15, -0.1) is 0 Å². The first-order valence-corrected chi connectivity index (χ1v) is 9.40. The van der Waals surface area contributed by atoms with Crippen LogP contribution in [-0.2, 0) is 0 Å². The maximum Gasteiger partial charge on any atom is 0.0163 e. The van der Waals surface area contributed by atoms with Gasteiger partial charge in [0.1, 0.15) is 0 Å². The van der Waals surface area contributed by atoms with Gasteiger partial charge in [-0.1, -0.05) is 71.1 Å². The summed E-state index contributed by atoms with van der Waals surface area (Å²) in [6, 6.07) is 0.159. The third-order valence-corrected chi connectivity index (χ3v) is 4.55. The van der Waals surface area contributed by atoms with E-state index in [1.807, 2.05) is 0 Å². The highest BCUT2D eigenvalue weighted by Crippen LogP contribution is 2.17. The molecule has 3 nitrogen and oxygen atoms in total. The predicted molar refractivity (Wildman–Crippen MR) is 95.3 cm³/mol. The Morgan fingerprint density at radius 1 is 0.619 bits per heavy atom. The molecule has 0 spiro atoms. The molecule has 2 unspecified atom stereocenters. The van der Waals surface area contributed by atoms with Gasteiger partial charge in [0.15, 0.2) is 0 Å². The molecule has 0 aromatic rings. The van der Waals surface area contributed by atoms with Crippen molar-refractivity contribution < 1.29 is 0 Å². The highest BCUT2D eigenvalue weighted by atomic mass is 14.7. The Hall–Kier alpha value is -0.120. The number of hydrogen-bond donors (Lipinski definition) is 3. The van der Waals surface area contributed by atoms with Crippen LogP contribution >= 0.6 is 0 Å². The lowest BCUT2D eigenvalue weighted by Crippen LogP contribution is -2.30. The predicted octanol–water partition coefficient (Wildman–Crippen LogP) is 3.94. The molecule has 3 heteroatoms. The zero-order valence-electron chi connectivity index (χ0n) is 14.5. The van der Waals surface area contributed by atoms with Crippen LogP contribution in [0, 0.1) is 5.92 Å². The van der Waals surface area contributed by atoms with Gasteiger partial charge in [-0.05, 0) is 31.7 Å². The van der Waals surface area contributed by atoms with Gasteiger partial charge in [0.05, 0.1) is 0 Å². The molecule has 0 saturated carbocycles. The first-order chi connectivity index (χ1) is 10.2. The van der Waals surface area contributed by atoms with Crippen LogP contribution in [0.3, 0.4) is 0 Å². The summed E-state index contributed by atoms with van der Waals surface area (Å²) < 4.78 is 0. The first-order valence-electron chi connectivity index (χ1n) is 9.40. The van der Waals surface area contributed by atoms with Crippen LogP contribution in [0.1, 0.15) is 90.4 Å². The van der Waals surface area contributed by atoms with Gasteiger partial charge < -0.3 is 17.2 Å². The molecule has 0 saturated heterocycles. The maximum atomic E-state index is 5.86. The molecule has 0 aliphatic rings. The summed E-state index contributed by atoms with van der Waals surface area (Å²) in [6.45, 7) is 3.67. The van der Waals surface area contributed by atoms with Gasteiger partial charge in [-0.3, -0.25) is 0 Å². The molecule has 128 valence electrons. The van der Waals surface area contributed by atoms with Gasteiger partial charge in [-0.25, -0.2) is 0 Å². The fourth-order valence-corrected chi connectivity index (χ4v) is 2.87. The second-order valence-electron chi connectivity index (χ2n) is 6.65. The molecule has 6 N–H and O–H groups in total. The lowest BCUT2D eigenvalue weighted by molar-refractivity contribution is 0.403. The van der Waals surface area contributed by atoms with Gasteiger partial charge in [0.2, 0.25) is 0 Å². The van der Waals surface area contributed by atoms with Gasteiger partial charge >= 0.3 is 0 Å². The Labute approximate surface area is 133 Å². The van der Waals surface area contributed by atoms with Crippen molar-refractivity contribution in [3.8, 4) is 0 Å². The third-order valence-electron chi connectivity index (χ3n) is 4.55.